The van der Waals surface area contributed by atoms with Gasteiger partial charge in [0.2, 0.25) is 5.91 Å². The number of hydrogen-bond donors (Lipinski definition) is 1. The zero-order valence-electron chi connectivity index (χ0n) is 18.3. The summed E-state index contributed by atoms with van der Waals surface area (Å²) in [7, 11) is 0. The Bertz CT molecular complexity index is 922. The second-order valence-corrected chi connectivity index (χ2v) is 9.24. The Morgan fingerprint density at radius 2 is 1.97 bits per heavy atom. The van der Waals surface area contributed by atoms with Gasteiger partial charge in [0.15, 0.2) is 5.13 Å². The van der Waals surface area contributed by atoms with Gasteiger partial charge in [-0.2, -0.15) is 0 Å². The third kappa shape index (κ3) is 5.25. The third-order valence-electron chi connectivity index (χ3n) is 6.18. The molecule has 2 saturated heterocycles. The summed E-state index contributed by atoms with van der Waals surface area (Å²) in [5.74, 6) is 0.0181. The molecule has 7 nitrogen and oxygen atoms in total. The lowest BCUT2D eigenvalue weighted by atomic mass is 9.96. The minimum atomic E-state index is -0.102. The van der Waals surface area contributed by atoms with Gasteiger partial charge >= 0.3 is 0 Å². The van der Waals surface area contributed by atoms with Crippen molar-refractivity contribution >= 4 is 34.0 Å². The van der Waals surface area contributed by atoms with Crippen molar-refractivity contribution < 1.29 is 9.59 Å². The van der Waals surface area contributed by atoms with E-state index in [1.165, 1.54) is 11.3 Å². The molecule has 2 amide bonds. The first-order valence-corrected chi connectivity index (χ1v) is 12.0. The highest BCUT2D eigenvalue weighted by molar-refractivity contribution is 7.14. The number of nitrogens with one attached hydrogen (secondary N) is 1. The number of benzene rings is 1. The van der Waals surface area contributed by atoms with Gasteiger partial charge in [-0.3, -0.25) is 9.59 Å². The Kier molecular flexibility index (Phi) is 6.87. The van der Waals surface area contributed by atoms with Gasteiger partial charge in [0.05, 0.1) is 5.92 Å². The molecule has 2 aliphatic rings. The summed E-state index contributed by atoms with van der Waals surface area (Å²) < 4.78 is 0. The first-order chi connectivity index (χ1) is 15.0. The lowest BCUT2D eigenvalue weighted by Crippen LogP contribution is -2.53. The number of aryl methyl sites for hydroxylation is 1. The van der Waals surface area contributed by atoms with Gasteiger partial charge in [0, 0.05) is 50.3 Å². The normalized spacial score (nSPS) is 20.0. The van der Waals surface area contributed by atoms with E-state index in [0.717, 1.165) is 56.8 Å². The van der Waals surface area contributed by atoms with E-state index in [-0.39, 0.29) is 17.7 Å². The lowest BCUT2D eigenvalue weighted by molar-refractivity contribution is -0.138. The smallest absolute Gasteiger partial charge is 0.273 e. The topological polar surface area (TPSA) is 68.8 Å². The number of carbonyl (C=O) groups excluding carboxylic acids is 2. The van der Waals surface area contributed by atoms with Crippen LogP contribution in [0.1, 0.15) is 35.8 Å². The van der Waals surface area contributed by atoms with E-state index in [4.69, 9.17) is 0 Å². The van der Waals surface area contributed by atoms with Crippen LogP contribution in [0.2, 0.25) is 0 Å². The highest BCUT2D eigenvalue weighted by Crippen LogP contribution is 2.25. The van der Waals surface area contributed by atoms with Crippen LogP contribution >= 0.6 is 11.3 Å². The van der Waals surface area contributed by atoms with E-state index in [9.17, 15) is 9.59 Å². The summed E-state index contributed by atoms with van der Waals surface area (Å²) in [5, 5.41) is 5.78. The predicted molar refractivity (Wildman–Crippen MR) is 124 cm³/mol. The largest absolute Gasteiger partial charge is 0.340 e. The Balaban J connectivity index is 1.35. The van der Waals surface area contributed by atoms with E-state index < -0.39 is 0 Å². The van der Waals surface area contributed by atoms with Gasteiger partial charge in [-0.05, 0) is 44.0 Å². The zero-order valence-corrected chi connectivity index (χ0v) is 19.2. The van der Waals surface area contributed by atoms with Crippen LogP contribution in [0.4, 0.5) is 10.8 Å². The lowest BCUT2D eigenvalue weighted by Gasteiger charge is -2.38. The molecule has 1 atom stereocenters. The number of carbonyl (C=O) groups is 2. The molecule has 2 aliphatic heterocycles. The van der Waals surface area contributed by atoms with Crippen LogP contribution in [0.15, 0.2) is 29.6 Å². The second-order valence-electron chi connectivity index (χ2n) is 8.38. The standard InChI is InChI=1S/C23H31N5O2S/c1-3-26-10-12-27(13-11-26)21(29)18-7-5-9-28(15-18)22(30)20-16-31-23(25-20)24-19-8-4-6-17(2)14-19/h4,6,8,14,16,18H,3,5,7,9-13,15H2,1-2H3,(H,24,25). The minimum absolute atomic E-state index is 0.0816. The van der Waals surface area contributed by atoms with Crippen LogP contribution in [-0.4, -0.2) is 77.3 Å². The quantitative estimate of drug-likeness (QED) is 0.772. The zero-order chi connectivity index (χ0) is 21.8. The number of rotatable bonds is 5. The number of aromatic nitrogens is 1. The van der Waals surface area contributed by atoms with Crippen molar-refractivity contribution in [1.82, 2.24) is 19.7 Å². The highest BCUT2D eigenvalue weighted by atomic mass is 32.1. The van der Waals surface area contributed by atoms with E-state index in [1.807, 2.05) is 36.1 Å². The number of hydrogen-bond acceptors (Lipinski definition) is 6. The average molecular weight is 442 g/mol. The van der Waals surface area contributed by atoms with Gasteiger partial charge in [-0.25, -0.2) is 4.98 Å². The van der Waals surface area contributed by atoms with Crippen molar-refractivity contribution in [2.24, 2.45) is 5.92 Å². The summed E-state index contributed by atoms with van der Waals surface area (Å²) in [4.78, 5) is 36.7. The first kappa shape index (κ1) is 21.8. The number of likely N-dealkylation sites (N-methyl/N-ethyl adjacent to an activating group) is 1. The van der Waals surface area contributed by atoms with Gasteiger partial charge in [-0.15, -0.1) is 11.3 Å². The molecule has 2 aromatic rings. The van der Waals surface area contributed by atoms with Crippen LogP contribution in [-0.2, 0) is 4.79 Å². The van der Waals surface area contributed by atoms with E-state index in [0.29, 0.717) is 23.9 Å². The highest BCUT2D eigenvalue weighted by Gasteiger charge is 2.33. The molecular weight excluding hydrogens is 410 g/mol. The molecule has 1 aromatic heterocycles. The fourth-order valence-corrected chi connectivity index (χ4v) is 5.05. The van der Waals surface area contributed by atoms with Crippen molar-refractivity contribution in [3.63, 3.8) is 0 Å². The van der Waals surface area contributed by atoms with Crippen LogP contribution in [0.3, 0.4) is 0 Å². The second kappa shape index (κ2) is 9.78. The van der Waals surface area contributed by atoms with Gasteiger partial charge < -0.3 is 20.0 Å². The Morgan fingerprint density at radius 3 is 2.71 bits per heavy atom. The number of likely N-dealkylation sites (tertiary alicyclic amines) is 1. The van der Waals surface area contributed by atoms with Crippen molar-refractivity contribution in [3.05, 3.63) is 40.9 Å². The van der Waals surface area contributed by atoms with Crippen molar-refractivity contribution in [2.45, 2.75) is 26.7 Å². The third-order valence-corrected chi connectivity index (χ3v) is 6.94. The van der Waals surface area contributed by atoms with Crippen LogP contribution in [0, 0.1) is 12.8 Å². The monoisotopic (exact) mass is 441 g/mol. The Labute approximate surface area is 188 Å². The number of piperidine rings is 1. The molecule has 1 unspecified atom stereocenters. The molecule has 0 spiro atoms. The van der Waals surface area contributed by atoms with Crippen LogP contribution in [0.25, 0.3) is 0 Å². The molecule has 8 heteroatoms. The molecule has 0 aliphatic carbocycles. The maximum absolute atomic E-state index is 13.1. The molecule has 1 aromatic carbocycles. The molecule has 0 radical (unpaired) electrons. The van der Waals surface area contributed by atoms with Gasteiger partial charge in [-0.1, -0.05) is 19.1 Å². The number of nitrogens with zero attached hydrogens (tertiary/aromatic N) is 4. The number of anilines is 2. The summed E-state index contributed by atoms with van der Waals surface area (Å²) >= 11 is 1.43. The average Bonchev–Trinajstić information content (AvgIpc) is 3.26. The fourth-order valence-electron chi connectivity index (χ4n) is 4.34. The van der Waals surface area contributed by atoms with Crippen molar-refractivity contribution in [1.29, 1.82) is 0 Å². The van der Waals surface area contributed by atoms with Gasteiger partial charge in [0.1, 0.15) is 5.69 Å². The molecule has 4 rings (SSSR count). The molecule has 2 fully saturated rings. The number of piperazine rings is 1. The van der Waals surface area contributed by atoms with E-state index in [2.05, 4.69) is 22.1 Å². The van der Waals surface area contributed by atoms with Crippen molar-refractivity contribution in [2.75, 3.05) is 51.1 Å². The summed E-state index contributed by atoms with van der Waals surface area (Å²) in [6.07, 6.45) is 1.71. The molecular formula is C23H31N5O2S. The Morgan fingerprint density at radius 1 is 1.16 bits per heavy atom. The van der Waals surface area contributed by atoms with E-state index >= 15 is 0 Å². The van der Waals surface area contributed by atoms with Crippen LogP contribution < -0.4 is 5.32 Å². The number of thiazole rings is 1. The molecule has 31 heavy (non-hydrogen) atoms. The van der Waals surface area contributed by atoms with Crippen LogP contribution in [0.5, 0.6) is 0 Å². The maximum Gasteiger partial charge on any atom is 0.273 e. The molecule has 3 heterocycles. The first-order valence-electron chi connectivity index (χ1n) is 11.1. The Hall–Kier alpha value is -2.45. The SMILES string of the molecule is CCN1CCN(C(=O)C2CCCN(C(=O)c3csc(Nc4cccc(C)c4)n3)C2)CC1. The van der Waals surface area contributed by atoms with E-state index in [1.54, 1.807) is 10.3 Å². The van der Waals surface area contributed by atoms with Gasteiger partial charge in [0.25, 0.3) is 5.91 Å². The fraction of sp³-hybridized carbons (Fsp3) is 0.522. The summed E-state index contributed by atoms with van der Waals surface area (Å²) in [6, 6.07) is 8.06. The minimum Gasteiger partial charge on any atom is -0.340 e. The van der Waals surface area contributed by atoms with Crippen molar-refractivity contribution in [3.8, 4) is 0 Å². The maximum atomic E-state index is 13.1. The molecule has 166 valence electrons. The predicted octanol–water partition coefficient (Wildman–Crippen LogP) is 3.21. The number of amides is 2. The molecule has 0 bridgehead atoms. The molecule has 1 N–H and O–H groups in total. The summed E-state index contributed by atoms with van der Waals surface area (Å²) in [5.41, 5.74) is 2.57. The summed E-state index contributed by atoms with van der Waals surface area (Å²) in [6.45, 7) is 9.85. The molecule has 0 saturated carbocycles.